The van der Waals surface area contributed by atoms with Gasteiger partial charge < -0.3 is 20.1 Å². The summed E-state index contributed by atoms with van der Waals surface area (Å²) in [6.07, 6.45) is 0. The topological polar surface area (TPSA) is 67.8 Å². The molecule has 1 aromatic heterocycles. The van der Waals surface area contributed by atoms with Crippen LogP contribution in [0.15, 0.2) is 23.2 Å². The van der Waals surface area contributed by atoms with Crippen molar-refractivity contribution in [3.8, 4) is 5.88 Å². The molecular weight excluding hydrogens is 359 g/mol. The second-order valence-electron chi connectivity index (χ2n) is 3.52. The number of aliphatic imine (C=N–C) groups is 1. The molecular formula is C12H21IN4O2. The smallest absolute Gasteiger partial charge is 0.213 e. The number of methoxy groups -OCH3 is 2. The van der Waals surface area contributed by atoms with Crippen molar-refractivity contribution in [2.24, 2.45) is 4.99 Å². The molecule has 0 aliphatic carbocycles. The fraction of sp³-hybridized carbons (Fsp3) is 0.500. The largest absolute Gasteiger partial charge is 0.481 e. The third-order valence-corrected chi connectivity index (χ3v) is 2.25. The van der Waals surface area contributed by atoms with Gasteiger partial charge in [0, 0.05) is 26.8 Å². The zero-order valence-corrected chi connectivity index (χ0v) is 13.8. The molecule has 6 nitrogen and oxygen atoms in total. The Bertz CT molecular complexity index is 388. The van der Waals surface area contributed by atoms with Gasteiger partial charge in [0.05, 0.1) is 26.0 Å². The lowest BCUT2D eigenvalue weighted by molar-refractivity contribution is 0.203. The number of hydrogen-bond donors (Lipinski definition) is 2. The Kier molecular flexibility index (Phi) is 10.2. The van der Waals surface area contributed by atoms with Gasteiger partial charge in [0.2, 0.25) is 5.88 Å². The highest BCUT2D eigenvalue weighted by molar-refractivity contribution is 14.0. The van der Waals surface area contributed by atoms with E-state index in [-0.39, 0.29) is 24.0 Å². The number of guanidine groups is 1. The van der Waals surface area contributed by atoms with E-state index in [0.717, 1.165) is 11.7 Å². The standard InChI is InChI=1S/C12H20N4O2.HI/c1-13-12(14-7-8-17-2)15-9-10-5-4-6-11(16-10)18-3;/h4-6H,7-9H2,1-3H3,(H2,13,14,15);1H. The average Bonchev–Trinajstić information content (AvgIpc) is 2.43. The van der Waals surface area contributed by atoms with Crippen LogP contribution in [0.25, 0.3) is 0 Å². The summed E-state index contributed by atoms with van der Waals surface area (Å²) in [6, 6.07) is 5.65. The molecule has 0 aromatic carbocycles. The molecule has 0 fully saturated rings. The number of hydrogen-bond acceptors (Lipinski definition) is 4. The van der Waals surface area contributed by atoms with Crippen molar-refractivity contribution in [3.63, 3.8) is 0 Å². The van der Waals surface area contributed by atoms with Gasteiger partial charge in [-0.15, -0.1) is 24.0 Å². The fourth-order valence-corrected chi connectivity index (χ4v) is 1.34. The molecule has 1 heterocycles. The van der Waals surface area contributed by atoms with Gasteiger partial charge in [0.15, 0.2) is 5.96 Å². The number of halogens is 1. The molecule has 0 spiro atoms. The summed E-state index contributed by atoms with van der Waals surface area (Å²) in [4.78, 5) is 8.40. The van der Waals surface area contributed by atoms with E-state index in [1.807, 2.05) is 18.2 Å². The molecule has 108 valence electrons. The first-order valence-electron chi connectivity index (χ1n) is 5.73. The van der Waals surface area contributed by atoms with Crippen molar-refractivity contribution in [3.05, 3.63) is 23.9 Å². The molecule has 0 saturated heterocycles. The molecule has 19 heavy (non-hydrogen) atoms. The lowest BCUT2D eigenvalue weighted by Crippen LogP contribution is -2.38. The molecule has 0 atom stereocenters. The lowest BCUT2D eigenvalue weighted by Gasteiger charge is -2.11. The van der Waals surface area contributed by atoms with Crippen molar-refractivity contribution < 1.29 is 9.47 Å². The van der Waals surface area contributed by atoms with Gasteiger partial charge in [-0.25, -0.2) is 4.98 Å². The molecule has 0 unspecified atom stereocenters. The van der Waals surface area contributed by atoms with E-state index in [1.54, 1.807) is 21.3 Å². The molecule has 0 aliphatic heterocycles. The molecule has 7 heteroatoms. The van der Waals surface area contributed by atoms with Crippen molar-refractivity contribution in [2.45, 2.75) is 6.54 Å². The van der Waals surface area contributed by atoms with Crippen molar-refractivity contribution in [1.29, 1.82) is 0 Å². The average molecular weight is 380 g/mol. The van der Waals surface area contributed by atoms with E-state index >= 15 is 0 Å². The highest BCUT2D eigenvalue weighted by atomic mass is 127. The van der Waals surface area contributed by atoms with Crippen LogP contribution in [0.3, 0.4) is 0 Å². The molecule has 2 N–H and O–H groups in total. The maximum absolute atomic E-state index is 5.07. The summed E-state index contributed by atoms with van der Waals surface area (Å²) in [7, 11) is 4.99. The van der Waals surface area contributed by atoms with E-state index < -0.39 is 0 Å². The van der Waals surface area contributed by atoms with Gasteiger partial charge >= 0.3 is 0 Å². The molecule has 0 amide bonds. The van der Waals surface area contributed by atoms with Gasteiger partial charge in [-0.2, -0.15) is 0 Å². The van der Waals surface area contributed by atoms with E-state index in [4.69, 9.17) is 9.47 Å². The fourth-order valence-electron chi connectivity index (χ4n) is 1.34. The summed E-state index contributed by atoms with van der Waals surface area (Å²) < 4.78 is 10.0. The predicted octanol–water partition coefficient (Wildman–Crippen LogP) is 1.02. The minimum Gasteiger partial charge on any atom is -0.481 e. The Morgan fingerprint density at radius 3 is 2.74 bits per heavy atom. The summed E-state index contributed by atoms with van der Waals surface area (Å²) in [5.41, 5.74) is 0.893. The zero-order chi connectivity index (χ0) is 13.2. The Balaban J connectivity index is 0.00000324. The van der Waals surface area contributed by atoms with Gasteiger partial charge in [0.1, 0.15) is 0 Å². The number of nitrogens with one attached hydrogen (secondary N) is 2. The number of pyridine rings is 1. The minimum atomic E-state index is 0. The van der Waals surface area contributed by atoms with E-state index in [2.05, 4.69) is 20.6 Å². The van der Waals surface area contributed by atoms with Crippen LogP contribution < -0.4 is 15.4 Å². The van der Waals surface area contributed by atoms with Crippen LogP contribution in [-0.2, 0) is 11.3 Å². The molecule has 1 aromatic rings. The van der Waals surface area contributed by atoms with Gasteiger partial charge in [-0.1, -0.05) is 6.07 Å². The van der Waals surface area contributed by atoms with Crippen LogP contribution in [0.5, 0.6) is 5.88 Å². The Labute approximate surface area is 131 Å². The summed E-state index contributed by atoms with van der Waals surface area (Å²) >= 11 is 0. The Morgan fingerprint density at radius 1 is 1.32 bits per heavy atom. The van der Waals surface area contributed by atoms with Crippen LogP contribution in [0.1, 0.15) is 5.69 Å². The monoisotopic (exact) mass is 380 g/mol. The first-order valence-corrected chi connectivity index (χ1v) is 5.73. The van der Waals surface area contributed by atoms with Crippen LogP contribution in [0.2, 0.25) is 0 Å². The number of rotatable bonds is 6. The second kappa shape index (κ2) is 10.8. The summed E-state index contributed by atoms with van der Waals surface area (Å²) in [5, 5.41) is 6.29. The highest BCUT2D eigenvalue weighted by Crippen LogP contribution is 2.05. The van der Waals surface area contributed by atoms with Crippen LogP contribution in [-0.4, -0.2) is 45.4 Å². The van der Waals surface area contributed by atoms with Crippen LogP contribution in [0.4, 0.5) is 0 Å². The maximum atomic E-state index is 5.07. The SMILES string of the molecule is CN=C(NCCOC)NCc1cccc(OC)n1.I. The molecule has 0 aliphatic rings. The van der Waals surface area contributed by atoms with Crippen molar-refractivity contribution in [1.82, 2.24) is 15.6 Å². The van der Waals surface area contributed by atoms with Gasteiger partial charge in [-0.05, 0) is 6.07 Å². The number of nitrogens with zero attached hydrogens (tertiary/aromatic N) is 2. The third kappa shape index (κ3) is 7.16. The van der Waals surface area contributed by atoms with Crippen LogP contribution >= 0.6 is 24.0 Å². The van der Waals surface area contributed by atoms with E-state index in [9.17, 15) is 0 Å². The summed E-state index contributed by atoms with van der Waals surface area (Å²) in [5.74, 6) is 1.33. The highest BCUT2D eigenvalue weighted by Gasteiger charge is 2.00. The normalized spacial score (nSPS) is 10.6. The second-order valence-corrected chi connectivity index (χ2v) is 3.52. The quantitative estimate of drug-likeness (QED) is 0.334. The lowest BCUT2D eigenvalue weighted by atomic mass is 10.3. The number of aromatic nitrogens is 1. The molecule has 0 radical (unpaired) electrons. The van der Waals surface area contributed by atoms with Crippen molar-refractivity contribution in [2.75, 3.05) is 34.4 Å². The van der Waals surface area contributed by atoms with Crippen molar-refractivity contribution >= 4 is 29.9 Å². The molecule has 0 bridgehead atoms. The van der Waals surface area contributed by atoms with Gasteiger partial charge in [-0.3, -0.25) is 4.99 Å². The predicted molar refractivity (Wildman–Crippen MR) is 86.3 cm³/mol. The first-order chi connectivity index (χ1) is 8.80. The Morgan fingerprint density at radius 2 is 2.11 bits per heavy atom. The summed E-state index contributed by atoms with van der Waals surface area (Å²) in [6.45, 7) is 1.93. The third-order valence-electron chi connectivity index (χ3n) is 2.25. The maximum Gasteiger partial charge on any atom is 0.213 e. The molecule has 1 rings (SSSR count). The minimum absolute atomic E-state index is 0. The van der Waals surface area contributed by atoms with Crippen LogP contribution in [0, 0.1) is 0 Å². The van der Waals surface area contributed by atoms with E-state index in [1.165, 1.54) is 0 Å². The number of ether oxygens (including phenoxy) is 2. The Hall–Kier alpha value is -1.09. The molecule has 0 saturated carbocycles. The van der Waals surface area contributed by atoms with Gasteiger partial charge in [0.25, 0.3) is 0 Å². The first kappa shape index (κ1) is 17.9. The van der Waals surface area contributed by atoms with E-state index in [0.29, 0.717) is 25.6 Å². The zero-order valence-electron chi connectivity index (χ0n) is 11.5.